The highest BCUT2D eigenvalue weighted by Gasteiger charge is 2.28. The molecule has 2 unspecified atom stereocenters. The van der Waals surface area contributed by atoms with Crippen molar-refractivity contribution in [2.45, 2.75) is 32.2 Å². The molecule has 0 aromatic heterocycles. The van der Waals surface area contributed by atoms with Gasteiger partial charge in [-0.25, -0.2) is 0 Å². The Kier molecular flexibility index (Phi) is 5.41. The summed E-state index contributed by atoms with van der Waals surface area (Å²) in [5.74, 6) is -1.35. The van der Waals surface area contributed by atoms with Gasteiger partial charge in [-0.2, -0.15) is 0 Å². The Balaban J connectivity index is 3.98. The number of aliphatic hydroxyl groups excluding tert-OH is 1. The molecule has 0 aromatic rings. The van der Waals surface area contributed by atoms with Gasteiger partial charge in [-0.3, -0.25) is 0 Å². The van der Waals surface area contributed by atoms with E-state index in [0.29, 0.717) is 6.61 Å². The summed E-state index contributed by atoms with van der Waals surface area (Å²) < 4.78 is 9.83. The number of hydrogen-bond donors (Lipinski definition) is 2. The second kappa shape index (κ2) is 5.48. The van der Waals surface area contributed by atoms with Crippen LogP contribution in [0.1, 0.15) is 20.3 Å². The number of methoxy groups -OCH3 is 1. The molecule has 74 valence electrons. The van der Waals surface area contributed by atoms with Crippen LogP contribution in [-0.4, -0.2) is 42.4 Å². The molecule has 2 N–H and O–H groups in total. The molecule has 0 saturated heterocycles. The number of ether oxygens (including phenoxy) is 2. The zero-order valence-electron chi connectivity index (χ0n) is 7.91. The third kappa shape index (κ3) is 4.66. The highest BCUT2D eigenvalue weighted by Crippen LogP contribution is 2.15. The molecule has 4 heteroatoms. The van der Waals surface area contributed by atoms with Crippen LogP contribution in [0.4, 0.5) is 0 Å². The highest BCUT2D eigenvalue weighted by atomic mass is 16.6. The summed E-state index contributed by atoms with van der Waals surface area (Å²) in [4.78, 5) is 0. The lowest BCUT2D eigenvalue weighted by atomic mass is 10.1. The van der Waals surface area contributed by atoms with E-state index in [4.69, 9.17) is 14.6 Å². The first-order chi connectivity index (χ1) is 5.54. The van der Waals surface area contributed by atoms with E-state index in [-0.39, 0.29) is 13.0 Å². The largest absolute Gasteiger partial charge is 0.393 e. The predicted molar refractivity (Wildman–Crippen MR) is 44.7 cm³/mol. The highest BCUT2D eigenvalue weighted by molar-refractivity contribution is 4.69. The first kappa shape index (κ1) is 11.8. The number of rotatable bonds is 6. The van der Waals surface area contributed by atoms with Crippen molar-refractivity contribution >= 4 is 0 Å². The fraction of sp³-hybridized carbons (Fsp3) is 1.00. The van der Waals surface area contributed by atoms with Crippen LogP contribution in [0.5, 0.6) is 0 Å². The van der Waals surface area contributed by atoms with Gasteiger partial charge < -0.3 is 19.7 Å². The van der Waals surface area contributed by atoms with Crippen LogP contribution in [0.2, 0.25) is 0 Å². The lowest BCUT2D eigenvalue weighted by Crippen LogP contribution is -2.40. The normalized spacial score (nSPS) is 18.8. The van der Waals surface area contributed by atoms with Crippen LogP contribution >= 0.6 is 0 Å². The predicted octanol–water partition coefficient (Wildman–Crippen LogP) is 0.129. The molecule has 4 nitrogen and oxygen atoms in total. The zero-order chi connectivity index (χ0) is 9.61. The average molecular weight is 178 g/mol. The van der Waals surface area contributed by atoms with Crippen LogP contribution < -0.4 is 0 Å². The van der Waals surface area contributed by atoms with Crippen molar-refractivity contribution < 1.29 is 19.7 Å². The Bertz CT molecular complexity index is 108. The van der Waals surface area contributed by atoms with Gasteiger partial charge in [0.1, 0.15) is 6.61 Å². The van der Waals surface area contributed by atoms with Crippen LogP contribution in [-0.2, 0) is 9.47 Å². The van der Waals surface area contributed by atoms with Gasteiger partial charge in [0.2, 0.25) is 0 Å². The monoisotopic (exact) mass is 178 g/mol. The van der Waals surface area contributed by atoms with E-state index in [1.54, 1.807) is 13.8 Å². The first-order valence-electron chi connectivity index (χ1n) is 4.07. The Labute approximate surface area is 73.1 Å². The van der Waals surface area contributed by atoms with Crippen molar-refractivity contribution in [3.63, 3.8) is 0 Å². The molecule has 12 heavy (non-hydrogen) atoms. The van der Waals surface area contributed by atoms with Gasteiger partial charge in [-0.15, -0.1) is 0 Å². The SMILES string of the molecule is CCOC(O)(COC)CC(C)O. The minimum absolute atomic E-state index is 0.0751. The lowest BCUT2D eigenvalue weighted by Gasteiger charge is -2.27. The Morgan fingerprint density at radius 3 is 2.42 bits per heavy atom. The molecule has 2 atom stereocenters. The van der Waals surface area contributed by atoms with E-state index in [1.807, 2.05) is 0 Å². The third-order valence-electron chi connectivity index (χ3n) is 1.40. The van der Waals surface area contributed by atoms with Crippen molar-refractivity contribution in [3.05, 3.63) is 0 Å². The molecule has 0 saturated carbocycles. The minimum atomic E-state index is -1.35. The fourth-order valence-electron chi connectivity index (χ4n) is 1.12. The van der Waals surface area contributed by atoms with Crippen LogP contribution in [0.3, 0.4) is 0 Å². The van der Waals surface area contributed by atoms with Crippen LogP contribution in [0, 0.1) is 0 Å². The molecule has 0 bridgehead atoms. The molecule has 0 radical (unpaired) electrons. The van der Waals surface area contributed by atoms with Gasteiger partial charge in [-0.05, 0) is 13.8 Å². The number of hydrogen-bond acceptors (Lipinski definition) is 4. The Hall–Kier alpha value is -0.160. The van der Waals surface area contributed by atoms with Gasteiger partial charge in [-0.1, -0.05) is 0 Å². The molecule has 0 aromatic carbocycles. The van der Waals surface area contributed by atoms with Crippen LogP contribution in [0.25, 0.3) is 0 Å². The molecule has 0 amide bonds. The van der Waals surface area contributed by atoms with Crippen molar-refractivity contribution in [1.29, 1.82) is 0 Å². The summed E-state index contributed by atoms with van der Waals surface area (Å²) in [6.07, 6.45) is -0.439. The second-order valence-electron chi connectivity index (χ2n) is 2.87. The third-order valence-corrected chi connectivity index (χ3v) is 1.40. The van der Waals surface area contributed by atoms with Gasteiger partial charge in [0.25, 0.3) is 0 Å². The molecule has 0 heterocycles. The topological polar surface area (TPSA) is 58.9 Å². The first-order valence-corrected chi connectivity index (χ1v) is 4.07. The summed E-state index contributed by atoms with van der Waals surface area (Å²) in [7, 11) is 1.48. The maximum atomic E-state index is 9.67. The van der Waals surface area contributed by atoms with E-state index in [1.165, 1.54) is 7.11 Å². The standard InChI is InChI=1S/C8H18O4/c1-4-12-8(10,6-11-3)5-7(2)9/h7,9-10H,4-6H2,1-3H3. The van der Waals surface area contributed by atoms with Crippen molar-refractivity contribution in [1.82, 2.24) is 0 Å². The summed E-state index contributed by atoms with van der Waals surface area (Å²) in [6.45, 7) is 3.85. The molecule has 0 spiro atoms. The quantitative estimate of drug-likeness (QED) is 0.567. The summed E-state index contributed by atoms with van der Waals surface area (Å²) in [6, 6.07) is 0. The van der Waals surface area contributed by atoms with Crippen molar-refractivity contribution in [2.75, 3.05) is 20.3 Å². The molecular weight excluding hydrogens is 160 g/mol. The summed E-state index contributed by atoms with van der Waals surface area (Å²) in [5.41, 5.74) is 0. The summed E-state index contributed by atoms with van der Waals surface area (Å²) in [5, 5.41) is 18.7. The van der Waals surface area contributed by atoms with Gasteiger partial charge in [0, 0.05) is 20.1 Å². The van der Waals surface area contributed by atoms with Crippen molar-refractivity contribution in [2.24, 2.45) is 0 Å². The van der Waals surface area contributed by atoms with Crippen molar-refractivity contribution in [3.8, 4) is 0 Å². The Morgan fingerprint density at radius 1 is 1.50 bits per heavy atom. The van der Waals surface area contributed by atoms with E-state index in [0.717, 1.165) is 0 Å². The van der Waals surface area contributed by atoms with Gasteiger partial charge in [0.15, 0.2) is 5.79 Å². The maximum absolute atomic E-state index is 9.67. The maximum Gasteiger partial charge on any atom is 0.191 e. The number of aliphatic hydroxyl groups is 2. The smallest absolute Gasteiger partial charge is 0.191 e. The Morgan fingerprint density at radius 2 is 2.08 bits per heavy atom. The molecule has 0 aliphatic carbocycles. The minimum Gasteiger partial charge on any atom is -0.393 e. The zero-order valence-corrected chi connectivity index (χ0v) is 7.91. The van der Waals surface area contributed by atoms with E-state index >= 15 is 0 Å². The van der Waals surface area contributed by atoms with Gasteiger partial charge >= 0.3 is 0 Å². The molecule has 0 aliphatic heterocycles. The van der Waals surface area contributed by atoms with E-state index in [9.17, 15) is 5.11 Å². The molecular formula is C8H18O4. The molecule has 0 aliphatic rings. The molecule has 0 rings (SSSR count). The van der Waals surface area contributed by atoms with Gasteiger partial charge in [0.05, 0.1) is 6.10 Å². The van der Waals surface area contributed by atoms with Crippen LogP contribution in [0.15, 0.2) is 0 Å². The fourth-order valence-corrected chi connectivity index (χ4v) is 1.12. The van der Waals surface area contributed by atoms with E-state index < -0.39 is 11.9 Å². The lowest BCUT2D eigenvalue weighted by molar-refractivity contribution is -0.238. The summed E-state index contributed by atoms with van der Waals surface area (Å²) >= 11 is 0. The second-order valence-corrected chi connectivity index (χ2v) is 2.87. The van der Waals surface area contributed by atoms with E-state index in [2.05, 4.69) is 0 Å². The average Bonchev–Trinajstić information content (AvgIpc) is 1.85. The molecule has 0 fully saturated rings.